The zero-order valence-electron chi connectivity index (χ0n) is 17.9. The number of carbonyl (C=O) groups is 1. The van der Waals surface area contributed by atoms with Crippen LogP contribution in [0.15, 0.2) is 47.4 Å². The number of ether oxygens (including phenoxy) is 3. The zero-order valence-corrected chi connectivity index (χ0v) is 18.7. The number of rotatable bonds is 7. The second kappa shape index (κ2) is 9.76. The van der Waals surface area contributed by atoms with Crippen molar-refractivity contribution in [2.24, 2.45) is 0 Å². The molecule has 2 heterocycles. The predicted octanol–water partition coefficient (Wildman–Crippen LogP) is 1.71. The Kier molecular flexibility index (Phi) is 6.83. The van der Waals surface area contributed by atoms with E-state index in [0.29, 0.717) is 44.5 Å². The molecule has 2 aliphatic rings. The van der Waals surface area contributed by atoms with E-state index in [1.54, 1.807) is 30.3 Å². The summed E-state index contributed by atoms with van der Waals surface area (Å²) in [6.07, 6.45) is 0. The first-order valence-corrected chi connectivity index (χ1v) is 12.0. The number of hydrogen-bond acceptors (Lipinski definition) is 7. The third kappa shape index (κ3) is 5.14. The van der Waals surface area contributed by atoms with Gasteiger partial charge in [0.05, 0.1) is 29.4 Å². The van der Waals surface area contributed by atoms with E-state index in [2.05, 4.69) is 14.9 Å². The van der Waals surface area contributed by atoms with E-state index in [1.165, 1.54) is 12.1 Å². The lowest BCUT2D eigenvalue weighted by atomic mass is 10.1. The van der Waals surface area contributed by atoms with E-state index < -0.39 is 10.0 Å². The number of fused-ring (bicyclic) bond motifs is 1. The number of para-hydroxylation sites is 1. The van der Waals surface area contributed by atoms with Crippen LogP contribution in [0, 0.1) is 0 Å². The maximum atomic E-state index is 13.0. The Morgan fingerprint density at radius 1 is 1.03 bits per heavy atom. The molecule has 2 N–H and O–H groups in total. The predicted molar refractivity (Wildman–Crippen MR) is 119 cm³/mol. The second-order valence-electron chi connectivity index (χ2n) is 7.66. The van der Waals surface area contributed by atoms with Gasteiger partial charge in [-0.05, 0) is 31.2 Å². The number of benzene rings is 2. The Morgan fingerprint density at radius 3 is 2.53 bits per heavy atom. The highest BCUT2D eigenvalue weighted by atomic mass is 32.2. The number of carbonyl (C=O) groups excluding carboxylic acids is 1. The highest BCUT2D eigenvalue weighted by Gasteiger charge is 2.23. The fourth-order valence-electron chi connectivity index (χ4n) is 3.65. The van der Waals surface area contributed by atoms with Crippen LogP contribution in [-0.2, 0) is 14.8 Å². The maximum Gasteiger partial charge on any atom is 0.262 e. The molecule has 1 fully saturated rings. The minimum absolute atomic E-state index is 0.0258. The quantitative estimate of drug-likeness (QED) is 0.647. The average Bonchev–Trinajstić information content (AvgIpc) is 2.82. The van der Waals surface area contributed by atoms with Crippen LogP contribution in [-0.4, -0.2) is 71.3 Å². The van der Waals surface area contributed by atoms with Crippen molar-refractivity contribution in [2.75, 3.05) is 50.8 Å². The van der Waals surface area contributed by atoms with E-state index in [-0.39, 0.29) is 28.1 Å². The molecule has 0 radical (unpaired) electrons. The van der Waals surface area contributed by atoms with Crippen molar-refractivity contribution in [3.05, 3.63) is 48.0 Å². The summed E-state index contributed by atoms with van der Waals surface area (Å²) in [4.78, 5) is 15.1. The number of nitrogens with zero attached hydrogens (tertiary/aromatic N) is 1. The summed E-state index contributed by atoms with van der Waals surface area (Å²) >= 11 is 0. The van der Waals surface area contributed by atoms with Crippen molar-refractivity contribution >= 4 is 21.6 Å². The molecule has 1 saturated heterocycles. The molecular weight excluding hydrogens is 434 g/mol. The third-order valence-corrected chi connectivity index (χ3v) is 6.83. The number of anilines is 1. The molecule has 2 aromatic carbocycles. The van der Waals surface area contributed by atoms with E-state index in [0.717, 1.165) is 13.1 Å². The summed E-state index contributed by atoms with van der Waals surface area (Å²) in [6, 6.07) is 11.1. The van der Waals surface area contributed by atoms with E-state index >= 15 is 0 Å². The van der Waals surface area contributed by atoms with Gasteiger partial charge in [0, 0.05) is 31.7 Å². The zero-order chi connectivity index (χ0) is 22.6. The Labute approximate surface area is 187 Å². The van der Waals surface area contributed by atoms with Crippen LogP contribution in [0.2, 0.25) is 0 Å². The van der Waals surface area contributed by atoms with Crippen LogP contribution < -0.4 is 19.5 Å². The Bertz CT molecular complexity index is 1070. The van der Waals surface area contributed by atoms with Crippen LogP contribution in [0.3, 0.4) is 0 Å². The Balaban J connectivity index is 1.46. The molecule has 32 heavy (non-hydrogen) atoms. The SMILES string of the molecule is CC(CNC(=O)c1ccccc1NS(=O)(=O)c1ccc2c(c1)OCCO2)N1CCOCC1. The van der Waals surface area contributed by atoms with Crippen LogP contribution in [0.25, 0.3) is 0 Å². The number of amides is 1. The van der Waals surface area contributed by atoms with Gasteiger partial charge in [-0.1, -0.05) is 12.1 Å². The fraction of sp³-hybridized carbons (Fsp3) is 0.409. The van der Waals surface area contributed by atoms with E-state index in [1.807, 2.05) is 6.92 Å². The van der Waals surface area contributed by atoms with Crippen molar-refractivity contribution in [3.63, 3.8) is 0 Å². The normalized spacial score (nSPS) is 17.4. The summed E-state index contributed by atoms with van der Waals surface area (Å²) in [5, 5.41) is 2.91. The van der Waals surface area contributed by atoms with Gasteiger partial charge in [-0.15, -0.1) is 0 Å². The second-order valence-corrected chi connectivity index (χ2v) is 9.35. The topological polar surface area (TPSA) is 106 Å². The van der Waals surface area contributed by atoms with Crippen LogP contribution in [0.4, 0.5) is 5.69 Å². The lowest BCUT2D eigenvalue weighted by Gasteiger charge is -2.32. The van der Waals surface area contributed by atoms with Gasteiger partial charge in [-0.25, -0.2) is 8.42 Å². The summed E-state index contributed by atoms with van der Waals surface area (Å²) in [5.41, 5.74) is 0.460. The molecular formula is C22H27N3O6S. The first-order chi connectivity index (χ1) is 15.4. The average molecular weight is 462 g/mol. The third-order valence-electron chi connectivity index (χ3n) is 5.47. The highest BCUT2D eigenvalue weighted by Crippen LogP contribution is 2.33. The molecule has 1 atom stereocenters. The molecule has 2 aliphatic heterocycles. The number of nitrogens with one attached hydrogen (secondary N) is 2. The summed E-state index contributed by atoms with van der Waals surface area (Å²) in [7, 11) is -3.94. The summed E-state index contributed by atoms with van der Waals surface area (Å²) in [5.74, 6) is 0.539. The minimum atomic E-state index is -3.94. The van der Waals surface area contributed by atoms with E-state index in [4.69, 9.17) is 14.2 Å². The smallest absolute Gasteiger partial charge is 0.262 e. The van der Waals surface area contributed by atoms with Gasteiger partial charge in [0.25, 0.3) is 15.9 Å². The lowest BCUT2D eigenvalue weighted by molar-refractivity contribution is 0.0204. The Hall–Kier alpha value is -2.82. The standard InChI is InChI=1S/C22H27N3O6S/c1-16(25-8-10-29-11-9-25)15-23-22(26)18-4-2-3-5-19(18)24-32(27,28)17-6-7-20-21(14-17)31-13-12-30-20/h2-7,14,16,24H,8-13,15H2,1H3,(H,23,26). The molecule has 2 aromatic rings. The lowest BCUT2D eigenvalue weighted by Crippen LogP contribution is -2.47. The van der Waals surface area contributed by atoms with Gasteiger partial charge in [-0.3, -0.25) is 14.4 Å². The molecule has 4 rings (SSSR count). The number of morpholine rings is 1. The van der Waals surface area contributed by atoms with Crippen LogP contribution in [0.5, 0.6) is 11.5 Å². The highest BCUT2D eigenvalue weighted by molar-refractivity contribution is 7.92. The molecule has 0 bridgehead atoms. The van der Waals surface area contributed by atoms with Gasteiger partial charge in [0.2, 0.25) is 0 Å². The molecule has 0 saturated carbocycles. The molecule has 172 valence electrons. The maximum absolute atomic E-state index is 13.0. The first kappa shape index (κ1) is 22.4. The van der Waals surface area contributed by atoms with Crippen LogP contribution in [0.1, 0.15) is 17.3 Å². The fourth-order valence-corrected chi connectivity index (χ4v) is 4.74. The van der Waals surface area contributed by atoms with Gasteiger partial charge < -0.3 is 19.5 Å². The summed E-state index contributed by atoms with van der Waals surface area (Å²) in [6.45, 7) is 6.28. The molecule has 0 spiro atoms. The molecule has 1 amide bonds. The molecule has 9 nitrogen and oxygen atoms in total. The van der Waals surface area contributed by atoms with Crippen molar-refractivity contribution in [2.45, 2.75) is 17.9 Å². The van der Waals surface area contributed by atoms with Gasteiger partial charge >= 0.3 is 0 Å². The van der Waals surface area contributed by atoms with E-state index in [9.17, 15) is 13.2 Å². The minimum Gasteiger partial charge on any atom is -0.486 e. The largest absolute Gasteiger partial charge is 0.486 e. The number of hydrogen-bond donors (Lipinski definition) is 2. The van der Waals surface area contributed by atoms with Gasteiger partial charge in [0.1, 0.15) is 13.2 Å². The summed E-state index contributed by atoms with van der Waals surface area (Å²) < 4.78 is 44.8. The van der Waals surface area contributed by atoms with Crippen molar-refractivity contribution < 1.29 is 27.4 Å². The monoisotopic (exact) mass is 461 g/mol. The molecule has 10 heteroatoms. The Morgan fingerprint density at radius 2 is 1.75 bits per heavy atom. The molecule has 0 aromatic heterocycles. The first-order valence-electron chi connectivity index (χ1n) is 10.6. The van der Waals surface area contributed by atoms with Crippen molar-refractivity contribution in [3.8, 4) is 11.5 Å². The number of sulfonamides is 1. The molecule has 0 aliphatic carbocycles. The van der Waals surface area contributed by atoms with Gasteiger partial charge in [0.15, 0.2) is 11.5 Å². The molecule has 1 unspecified atom stereocenters. The van der Waals surface area contributed by atoms with Gasteiger partial charge in [-0.2, -0.15) is 0 Å². The van der Waals surface area contributed by atoms with Crippen molar-refractivity contribution in [1.82, 2.24) is 10.2 Å². The van der Waals surface area contributed by atoms with Crippen molar-refractivity contribution in [1.29, 1.82) is 0 Å². The van der Waals surface area contributed by atoms with Crippen LogP contribution >= 0.6 is 0 Å².